The summed E-state index contributed by atoms with van der Waals surface area (Å²) in [5.74, 6) is 0.741. The Morgan fingerprint density at radius 1 is 1.00 bits per heavy atom. The smallest absolute Gasteiger partial charge is 0.135 e. The normalized spacial score (nSPS) is 12.4. The minimum Gasteiger partial charge on any atom is -0.456 e. The number of para-hydroxylation sites is 1. The Kier molecular flexibility index (Phi) is 3.59. The molecule has 4 rings (SSSR count). The highest BCUT2D eigenvalue weighted by Gasteiger charge is 2.18. The second kappa shape index (κ2) is 5.91. The van der Waals surface area contributed by atoms with E-state index in [4.69, 9.17) is 4.42 Å². The lowest BCUT2D eigenvalue weighted by molar-refractivity contribution is 0.219. The summed E-state index contributed by atoms with van der Waals surface area (Å²) >= 11 is 0. The Hall–Kier alpha value is -2.98. The molecule has 0 aliphatic heterocycles. The summed E-state index contributed by atoms with van der Waals surface area (Å²) in [5.41, 5.74) is 4.24. The molecule has 0 fully saturated rings. The van der Waals surface area contributed by atoms with Gasteiger partial charge in [0.25, 0.3) is 0 Å². The first-order chi connectivity index (χ1) is 11.7. The second-order valence-corrected chi connectivity index (χ2v) is 5.81. The van der Waals surface area contributed by atoms with Crippen molar-refractivity contribution >= 4 is 11.0 Å². The Labute approximate surface area is 139 Å². The first-order valence-electron chi connectivity index (χ1n) is 7.75. The van der Waals surface area contributed by atoms with Gasteiger partial charge < -0.3 is 9.52 Å². The van der Waals surface area contributed by atoms with Crippen molar-refractivity contribution in [2.24, 2.45) is 0 Å². The Balaban J connectivity index is 1.87. The number of fused-ring (bicyclic) bond motifs is 1. The van der Waals surface area contributed by atoms with Crippen molar-refractivity contribution < 1.29 is 9.52 Å². The number of aromatic nitrogens is 2. The maximum absolute atomic E-state index is 10.8. The SMILES string of the molecule is Cc1ccc(C(O)c2cncnc2)c(-c2cc3ccccc3o2)c1. The number of hydrogen-bond donors (Lipinski definition) is 1. The maximum Gasteiger partial charge on any atom is 0.135 e. The van der Waals surface area contributed by atoms with Crippen LogP contribution in [0.3, 0.4) is 0 Å². The van der Waals surface area contributed by atoms with Crippen LogP contribution in [0, 0.1) is 6.92 Å². The minimum atomic E-state index is -0.810. The number of aryl methyl sites for hydroxylation is 1. The van der Waals surface area contributed by atoms with Crippen molar-refractivity contribution in [1.29, 1.82) is 0 Å². The fraction of sp³-hybridized carbons (Fsp3) is 0.100. The lowest BCUT2D eigenvalue weighted by Crippen LogP contribution is -2.03. The fourth-order valence-corrected chi connectivity index (χ4v) is 2.87. The van der Waals surface area contributed by atoms with E-state index in [1.165, 1.54) is 6.33 Å². The van der Waals surface area contributed by atoms with Crippen molar-refractivity contribution in [1.82, 2.24) is 9.97 Å². The van der Waals surface area contributed by atoms with E-state index in [-0.39, 0.29) is 0 Å². The highest BCUT2D eigenvalue weighted by atomic mass is 16.3. The molecular weight excluding hydrogens is 300 g/mol. The van der Waals surface area contributed by atoms with E-state index in [1.807, 2.05) is 55.5 Å². The zero-order valence-corrected chi connectivity index (χ0v) is 13.2. The zero-order valence-electron chi connectivity index (χ0n) is 13.2. The van der Waals surface area contributed by atoms with Gasteiger partial charge in [0.15, 0.2) is 0 Å². The van der Waals surface area contributed by atoms with Gasteiger partial charge in [-0.3, -0.25) is 0 Å². The second-order valence-electron chi connectivity index (χ2n) is 5.81. The number of hydrogen-bond acceptors (Lipinski definition) is 4. The summed E-state index contributed by atoms with van der Waals surface area (Å²) < 4.78 is 5.99. The van der Waals surface area contributed by atoms with Crippen LogP contribution in [-0.2, 0) is 0 Å². The predicted octanol–water partition coefficient (Wildman–Crippen LogP) is 4.28. The molecule has 0 aliphatic rings. The van der Waals surface area contributed by atoms with Crippen molar-refractivity contribution in [3.8, 4) is 11.3 Å². The molecule has 0 aliphatic carbocycles. The van der Waals surface area contributed by atoms with Crippen LogP contribution in [0.15, 0.2) is 71.7 Å². The first-order valence-corrected chi connectivity index (χ1v) is 7.75. The van der Waals surface area contributed by atoms with Crippen LogP contribution in [0.4, 0.5) is 0 Å². The summed E-state index contributed by atoms with van der Waals surface area (Å²) in [7, 11) is 0. The zero-order chi connectivity index (χ0) is 16.5. The maximum atomic E-state index is 10.8. The average molecular weight is 316 g/mol. The van der Waals surface area contributed by atoms with Gasteiger partial charge in [0.05, 0.1) is 0 Å². The van der Waals surface area contributed by atoms with Crippen molar-refractivity contribution in [3.63, 3.8) is 0 Å². The number of furan rings is 1. The predicted molar refractivity (Wildman–Crippen MR) is 92.5 cm³/mol. The molecule has 24 heavy (non-hydrogen) atoms. The van der Waals surface area contributed by atoms with Crippen LogP contribution in [0.5, 0.6) is 0 Å². The highest BCUT2D eigenvalue weighted by Crippen LogP contribution is 2.35. The van der Waals surface area contributed by atoms with Gasteiger partial charge in [0.2, 0.25) is 0 Å². The van der Waals surface area contributed by atoms with Crippen LogP contribution < -0.4 is 0 Å². The lowest BCUT2D eigenvalue weighted by Gasteiger charge is -2.15. The Morgan fingerprint density at radius 3 is 2.58 bits per heavy atom. The molecule has 1 N–H and O–H groups in total. The summed E-state index contributed by atoms with van der Waals surface area (Å²) in [6.45, 7) is 2.02. The third-order valence-corrected chi connectivity index (χ3v) is 4.09. The van der Waals surface area contributed by atoms with Gasteiger partial charge in [0, 0.05) is 28.9 Å². The third kappa shape index (κ3) is 2.57. The van der Waals surface area contributed by atoms with Gasteiger partial charge in [0.1, 0.15) is 23.8 Å². The molecule has 4 heteroatoms. The van der Waals surface area contributed by atoms with Gasteiger partial charge in [-0.2, -0.15) is 0 Å². The molecule has 1 atom stereocenters. The molecule has 2 aromatic carbocycles. The monoisotopic (exact) mass is 316 g/mol. The fourth-order valence-electron chi connectivity index (χ4n) is 2.87. The van der Waals surface area contributed by atoms with E-state index in [2.05, 4.69) is 9.97 Å². The topological polar surface area (TPSA) is 59.2 Å². The number of aliphatic hydroxyl groups excluding tert-OH is 1. The molecule has 2 aromatic heterocycles. The Morgan fingerprint density at radius 2 is 1.79 bits per heavy atom. The molecule has 0 radical (unpaired) electrons. The van der Waals surface area contributed by atoms with Gasteiger partial charge in [-0.25, -0.2) is 9.97 Å². The van der Waals surface area contributed by atoms with E-state index in [1.54, 1.807) is 12.4 Å². The third-order valence-electron chi connectivity index (χ3n) is 4.09. The molecule has 118 valence electrons. The van der Waals surface area contributed by atoms with Crippen molar-refractivity contribution in [3.05, 3.63) is 83.9 Å². The largest absolute Gasteiger partial charge is 0.456 e. The molecule has 0 saturated carbocycles. The molecule has 0 saturated heterocycles. The molecule has 4 aromatic rings. The van der Waals surface area contributed by atoms with Gasteiger partial charge in [-0.15, -0.1) is 0 Å². The molecule has 2 heterocycles. The van der Waals surface area contributed by atoms with Crippen LogP contribution >= 0.6 is 0 Å². The quantitative estimate of drug-likeness (QED) is 0.613. The average Bonchev–Trinajstić information content (AvgIpc) is 3.06. The van der Waals surface area contributed by atoms with Gasteiger partial charge >= 0.3 is 0 Å². The van der Waals surface area contributed by atoms with E-state index in [0.29, 0.717) is 5.56 Å². The van der Waals surface area contributed by atoms with Crippen LogP contribution in [-0.4, -0.2) is 15.1 Å². The molecule has 1 unspecified atom stereocenters. The van der Waals surface area contributed by atoms with Crippen molar-refractivity contribution in [2.75, 3.05) is 0 Å². The summed E-state index contributed by atoms with van der Waals surface area (Å²) in [4.78, 5) is 7.98. The number of benzene rings is 2. The van der Waals surface area contributed by atoms with Crippen LogP contribution in [0.25, 0.3) is 22.3 Å². The van der Waals surface area contributed by atoms with Gasteiger partial charge in [-0.1, -0.05) is 35.9 Å². The molecule has 0 bridgehead atoms. The minimum absolute atomic E-state index is 0.652. The lowest BCUT2D eigenvalue weighted by atomic mass is 9.95. The summed E-state index contributed by atoms with van der Waals surface area (Å²) in [6.07, 6.45) is 3.89. The number of nitrogens with zero attached hydrogens (tertiary/aromatic N) is 2. The molecule has 0 spiro atoms. The Bertz CT molecular complexity index is 960. The highest BCUT2D eigenvalue weighted by molar-refractivity contribution is 5.83. The standard InChI is InChI=1S/C20H16N2O2/c1-13-6-7-16(20(23)15-10-21-12-22-11-15)17(8-13)19-9-14-4-2-3-5-18(14)24-19/h2-12,20,23H,1H3. The summed E-state index contributed by atoms with van der Waals surface area (Å²) in [6, 6.07) is 15.8. The van der Waals surface area contributed by atoms with E-state index < -0.39 is 6.10 Å². The molecule has 4 nitrogen and oxygen atoms in total. The van der Waals surface area contributed by atoms with E-state index >= 15 is 0 Å². The summed E-state index contributed by atoms with van der Waals surface area (Å²) in [5, 5.41) is 11.8. The van der Waals surface area contributed by atoms with E-state index in [0.717, 1.165) is 33.4 Å². The molecule has 0 amide bonds. The number of rotatable bonds is 3. The number of aliphatic hydroxyl groups is 1. The first kappa shape index (κ1) is 14.6. The van der Waals surface area contributed by atoms with E-state index in [9.17, 15) is 5.11 Å². The molecular formula is C20H16N2O2. The van der Waals surface area contributed by atoms with Gasteiger partial charge in [-0.05, 0) is 30.7 Å². The van der Waals surface area contributed by atoms with Crippen LogP contribution in [0.1, 0.15) is 22.8 Å². The van der Waals surface area contributed by atoms with Crippen LogP contribution in [0.2, 0.25) is 0 Å². The van der Waals surface area contributed by atoms with Crippen molar-refractivity contribution in [2.45, 2.75) is 13.0 Å².